The normalized spacial score (nSPS) is 10.2. The van der Waals surface area contributed by atoms with Crippen molar-refractivity contribution in [3.8, 4) is 0 Å². The highest BCUT2D eigenvalue weighted by molar-refractivity contribution is 6.31. The van der Waals surface area contributed by atoms with E-state index in [9.17, 15) is 10.1 Å². The fourth-order valence-corrected chi connectivity index (χ4v) is 1.95. The Morgan fingerprint density at radius 3 is 2.60 bits per heavy atom. The third-order valence-electron chi connectivity index (χ3n) is 2.84. The van der Waals surface area contributed by atoms with Gasteiger partial charge in [-0.25, -0.2) is 0 Å². The number of anilines is 3. The van der Waals surface area contributed by atoms with Crippen molar-refractivity contribution in [2.45, 2.75) is 6.92 Å². The van der Waals surface area contributed by atoms with Crippen LogP contribution in [-0.4, -0.2) is 4.92 Å². The van der Waals surface area contributed by atoms with Crippen molar-refractivity contribution in [1.29, 1.82) is 0 Å². The van der Waals surface area contributed by atoms with Crippen LogP contribution in [0.2, 0.25) is 5.02 Å². The summed E-state index contributed by atoms with van der Waals surface area (Å²) >= 11 is 6.04. The van der Waals surface area contributed by atoms with Gasteiger partial charge in [-0.05, 0) is 30.7 Å². The zero-order valence-corrected chi connectivity index (χ0v) is 11.4. The molecule has 20 heavy (non-hydrogen) atoms. The van der Waals surface area contributed by atoms with Crippen molar-refractivity contribution in [3.63, 3.8) is 0 Å². The molecule has 0 unspecified atom stereocenters. The minimum Gasteiger partial charge on any atom is -0.355 e. The maximum Gasteiger partial charge on any atom is 0.273 e. The Kier molecular flexibility index (Phi) is 4.07. The molecule has 0 amide bonds. The van der Waals surface area contributed by atoms with E-state index in [1.54, 1.807) is 18.2 Å². The van der Waals surface area contributed by atoms with Gasteiger partial charge in [0.15, 0.2) is 0 Å². The molecule has 6 nitrogen and oxygen atoms in total. The molecule has 0 saturated heterocycles. The van der Waals surface area contributed by atoms with E-state index in [0.29, 0.717) is 16.4 Å². The lowest BCUT2D eigenvalue weighted by molar-refractivity contribution is -0.384. The van der Waals surface area contributed by atoms with E-state index in [2.05, 4.69) is 10.7 Å². The predicted octanol–water partition coefficient (Wildman–Crippen LogP) is 3.59. The van der Waals surface area contributed by atoms with Gasteiger partial charge in [0.1, 0.15) is 0 Å². The molecule has 0 saturated carbocycles. The second-order valence-electron chi connectivity index (χ2n) is 4.21. The number of rotatable bonds is 4. The van der Waals surface area contributed by atoms with Crippen LogP contribution >= 0.6 is 11.6 Å². The minimum atomic E-state index is -0.475. The second-order valence-corrected chi connectivity index (χ2v) is 4.61. The number of hydrogen-bond donors (Lipinski definition) is 3. The average molecular weight is 293 g/mol. The van der Waals surface area contributed by atoms with E-state index in [-0.39, 0.29) is 5.69 Å². The first-order chi connectivity index (χ1) is 9.51. The van der Waals surface area contributed by atoms with Crippen LogP contribution in [0.4, 0.5) is 22.7 Å². The van der Waals surface area contributed by atoms with Gasteiger partial charge in [-0.3, -0.25) is 16.0 Å². The molecular formula is C13H13ClN4O2. The topological polar surface area (TPSA) is 93.2 Å². The largest absolute Gasteiger partial charge is 0.355 e. The summed E-state index contributed by atoms with van der Waals surface area (Å²) in [5.41, 5.74) is 4.99. The first kappa shape index (κ1) is 14.1. The van der Waals surface area contributed by atoms with Crippen molar-refractivity contribution in [2.75, 3.05) is 10.7 Å². The van der Waals surface area contributed by atoms with Crippen molar-refractivity contribution in [2.24, 2.45) is 5.84 Å². The van der Waals surface area contributed by atoms with E-state index < -0.39 is 4.92 Å². The van der Waals surface area contributed by atoms with Gasteiger partial charge < -0.3 is 10.7 Å². The summed E-state index contributed by atoms with van der Waals surface area (Å²) in [6, 6.07) is 9.89. The van der Waals surface area contributed by atoms with E-state index in [1.165, 1.54) is 12.1 Å². The molecule has 0 aliphatic heterocycles. The first-order valence-corrected chi connectivity index (χ1v) is 6.17. The summed E-state index contributed by atoms with van der Waals surface area (Å²) in [7, 11) is 0. The van der Waals surface area contributed by atoms with Gasteiger partial charge in [-0.2, -0.15) is 0 Å². The van der Waals surface area contributed by atoms with E-state index >= 15 is 0 Å². The standard InChI is InChI=1S/C13H13ClN4O2/c1-8-12(14)3-2-4-13(8)16-9-5-10(17-15)7-11(6-9)18(19)20/h2-7,16-17H,15H2,1H3. The molecule has 7 heteroatoms. The first-order valence-electron chi connectivity index (χ1n) is 5.79. The number of halogens is 1. The molecule has 0 bridgehead atoms. The number of nitro groups is 1. The summed E-state index contributed by atoms with van der Waals surface area (Å²) in [6.45, 7) is 1.87. The van der Waals surface area contributed by atoms with Gasteiger partial charge >= 0.3 is 0 Å². The monoisotopic (exact) mass is 292 g/mol. The summed E-state index contributed by atoms with van der Waals surface area (Å²) < 4.78 is 0. The van der Waals surface area contributed by atoms with E-state index in [0.717, 1.165) is 11.3 Å². The number of hydrazine groups is 1. The number of nitrogens with two attached hydrogens (primary N) is 1. The number of nitrogens with zero attached hydrogens (tertiary/aromatic N) is 1. The molecule has 0 fully saturated rings. The minimum absolute atomic E-state index is 0.0531. The number of nitrogens with one attached hydrogen (secondary N) is 2. The number of nitrogen functional groups attached to an aromatic ring is 1. The fourth-order valence-electron chi connectivity index (χ4n) is 1.77. The molecule has 4 N–H and O–H groups in total. The molecule has 104 valence electrons. The number of benzene rings is 2. The van der Waals surface area contributed by atoms with Gasteiger partial charge in [0.25, 0.3) is 5.69 Å². The lowest BCUT2D eigenvalue weighted by atomic mass is 10.2. The lowest BCUT2D eigenvalue weighted by Crippen LogP contribution is -2.07. The molecule has 0 aliphatic rings. The Balaban J connectivity index is 2.40. The van der Waals surface area contributed by atoms with E-state index in [4.69, 9.17) is 17.4 Å². The van der Waals surface area contributed by atoms with Crippen LogP contribution in [0.1, 0.15) is 5.56 Å². The SMILES string of the molecule is Cc1c(Cl)cccc1Nc1cc(NN)cc([N+](=O)[O-])c1. The van der Waals surface area contributed by atoms with E-state index in [1.807, 2.05) is 13.0 Å². The molecule has 0 atom stereocenters. The maximum absolute atomic E-state index is 10.9. The molecule has 2 aromatic carbocycles. The molecule has 0 aliphatic carbocycles. The zero-order chi connectivity index (χ0) is 14.7. The highest BCUT2D eigenvalue weighted by Gasteiger charge is 2.10. The number of non-ortho nitro benzene ring substituents is 1. The quantitative estimate of drug-likeness (QED) is 0.455. The average Bonchev–Trinajstić information content (AvgIpc) is 2.43. The highest BCUT2D eigenvalue weighted by Crippen LogP contribution is 2.29. The summed E-state index contributed by atoms with van der Waals surface area (Å²) in [6.07, 6.45) is 0. The highest BCUT2D eigenvalue weighted by atomic mass is 35.5. The van der Waals surface area contributed by atoms with Crippen molar-refractivity contribution in [1.82, 2.24) is 0 Å². The Morgan fingerprint density at radius 2 is 1.95 bits per heavy atom. The van der Waals surface area contributed by atoms with Crippen LogP contribution in [0.3, 0.4) is 0 Å². The second kappa shape index (κ2) is 5.77. The molecular weight excluding hydrogens is 280 g/mol. The summed E-state index contributed by atoms with van der Waals surface area (Å²) in [5, 5.41) is 14.6. The van der Waals surface area contributed by atoms with Crippen molar-refractivity contribution < 1.29 is 4.92 Å². The van der Waals surface area contributed by atoms with Crippen LogP contribution in [0, 0.1) is 17.0 Å². The summed E-state index contributed by atoms with van der Waals surface area (Å²) in [4.78, 5) is 10.4. The summed E-state index contributed by atoms with van der Waals surface area (Å²) in [5.74, 6) is 5.31. The Bertz CT molecular complexity index is 661. The van der Waals surface area contributed by atoms with Gasteiger partial charge in [0, 0.05) is 28.5 Å². The lowest BCUT2D eigenvalue weighted by Gasteiger charge is -2.11. The maximum atomic E-state index is 10.9. The Hall–Kier alpha value is -2.31. The van der Waals surface area contributed by atoms with Crippen LogP contribution in [0.5, 0.6) is 0 Å². The molecule has 2 aromatic rings. The molecule has 0 aromatic heterocycles. The predicted molar refractivity (Wildman–Crippen MR) is 80.4 cm³/mol. The number of hydrogen-bond acceptors (Lipinski definition) is 5. The number of nitro benzene ring substituents is 1. The van der Waals surface area contributed by atoms with Gasteiger partial charge in [-0.15, -0.1) is 0 Å². The van der Waals surface area contributed by atoms with Crippen molar-refractivity contribution in [3.05, 3.63) is 57.1 Å². The van der Waals surface area contributed by atoms with Crippen LogP contribution in [0.25, 0.3) is 0 Å². The Morgan fingerprint density at radius 1 is 1.25 bits per heavy atom. The third kappa shape index (κ3) is 2.98. The zero-order valence-electron chi connectivity index (χ0n) is 10.7. The fraction of sp³-hybridized carbons (Fsp3) is 0.0769. The smallest absolute Gasteiger partial charge is 0.273 e. The van der Waals surface area contributed by atoms with Crippen LogP contribution in [-0.2, 0) is 0 Å². The Labute approximate surface area is 120 Å². The molecule has 0 radical (unpaired) electrons. The third-order valence-corrected chi connectivity index (χ3v) is 3.25. The van der Waals surface area contributed by atoms with Gasteiger partial charge in [0.2, 0.25) is 0 Å². The molecule has 2 rings (SSSR count). The van der Waals surface area contributed by atoms with Crippen LogP contribution < -0.4 is 16.6 Å². The van der Waals surface area contributed by atoms with Crippen molar-refractivity contribution >= 4 is 34.4 Å². The molecule has 0 spiro atoms. The molecule has 0 heterocycles. The van der Waals surface area contributed by atoms with Gasteiger partial charge in [-0.1, -0.05) is 17.7 Å². The van der Waals surface area contributed by atoms with Crippen LogP contribution in [0.15, 0.2) is 36.4 Å². The van der Waals surface area contributed by atoms with Gasteiger partial charge in [0.05, 0.1) is 10.6 Å².